The number of hydrogen-bond acceptors (Lipinski definition) is 8. The lowest BCUT2D eigenvalue weighted by atomic mass is 10.2. The fraction of sp³-hybridized carbons (Fsp3) is 0.143. The number of hydrogen-bond donors (Lipinski definition) is 1. The maximum Gasteiger partial charge on any atom is 0.327 e. The lowest BCUT2D eigenvalue weighted by Crippen LogP contribution is -1.97. The van der Waals surface area contributed by atoms with Crippen LogP contribution in [0.1, 0.15) is 18.2 Å². The summed E-state index contributed by atoms with van der Waals surface area (Å²) in [6, 6.07) is 5.65. The molecule has 4 heterocycles. The van der Waals surface area contributed by atoms with Gasteiger partial charge in [-0.2, -0.15) is 9.97 Å². The number of aromatic nitrogens is 7. The quantitative estimate of drug-likeness (QED) is 0.469. The van der Waals surface area contributed by atoms with E-state index in [-0.39, 0.29) is 6.01 Å². The zero-order chi connectivity index (χ0) is 20.5. The van der Waals surface area contributed by atoms with E-state index in [9.17, 15) is 0 Å². The van der Waals surface area contributed by atoms with Gasteiger partial charge in [0, 0.05) is 24.2 Å². The van der Waals surface area contributed by atoms with Crippen molar-refractivity contribution in [3.05, 3.63) is 60.6 Å². The molecule has 0 bridgehead atoms. The van der Waals surface area contributed by atoms with Crippen molar-refractivity contribution in [3.8, 4) is 23.4 Å². The van der Waals surface area contributed by atoms with Gasteiger partial charge in [0.2, 0.25) is 5.88 Å². The van der Waals surface area contributed by atoms with Gasteiger partial charge in [0.1, 0.15) is 17.7 Å². The molecule has 9 heteroatoms. The van der Waals surface area contributed by atoms with Crippen LogP contribution < -0.4 is 9.47 Å². The van der Waals surface area contributed by atoms with Gasteiger partial charge in [0.15, 0.2) is 5.75 Å². The van der Waals surface area contributed by atoms with Gasteiger partial charge in [-0.15, -0.1) is 0 Å². The van der Waals surface area contributed by atoms with E-state index < -0.39 is 0 Å². The number of aryl methyl sites for hydroxylation is 2. The molecule has 0 aliphatic rings. The first-order valence-corrected chi connectivity index (χ1v) is 9.42. The second-order valence-corrected chi connectivity index (χ2v) is 6.60. The first-order valence-electron chi connectivity index (χ1n) is 9.42. The third kappa shape index (κ3) is 3.26. The van der Waals surface area contributed by atoms with Gasteiger partial charge in [-0.3, -0.25) is 9.97 Å². The van der Waals surface area contributed by atoms with Crippen molar-refractivity contribution in [2.45, 2.75) is 20.3 Å². The molecule has 1 aromatic carbocycles. The van der Waals surface area contributed by atoms with Crippen LogP contribution in [0.4, 0.5) is 0 Å². The summed E-state index contributed by atoms with van der Waals surface area (Å²) in [4.78, 5) is 28.9. The predicted octanol–water partition coefficient (Wildman–Crippen LogP) is 4.15. The van der Waals surface area contributed by atoms with Crippen molar-refractivity contribution in [1.82, 2.24) is 34.9 Å². The molecular formula is C21H17N7O2. The number of H-pyrrole nitrogens is 1. The molecular weight excluding hydrogens is 382 g/mol. The zero-order valence-corrected chi connectivity index (χ0v) is 16.3. The van der Waals surface area contributed by atoms with Crippen LogP contribution in [0, 0.1) is 6.92 Å². The lowest BCUT2D eigenvalue weighted by molar-refractivity contribution is 0.414. The van der Waals surface area contributed by atoms with Gasteiger partial charge in [-0.1, -0.05) is 6.92 Å². The van der Waals surface area contributed by atoms with Gasteiger partial charge in [-0.25, -0.2) is 9.97 Å². The van der Waals surface area contributed by atoms with Gasteiger partial charge >= 0.3 is 6.01 Å². The zero-order valence-electron chi connectivity index (χ0n) is 16.3. The van der Waals surface area contributed by atoms with Gasteiger partial charge in [-0.05, 0) is 31.0 Å². The molecule has 0 radical (unpaired) electrons. The van der Waals surface area contributed by atoms with Crippen molar-refractivity contribution in [3.63, 3.8) is 0 Å². The summed E-state index contributed by atoms with van der Waals surface area (Å²) in [7, 11) is 0. The van der Waals surface area contributed by atoms with E-state index in [0.717, 1.165) is 34.1 Å². The van der Waals surface area contributed by atoms with E-state index in [1.54, 1.807) is 24.8 Å². The Morgan fingerprint density at radius 1 is 0.933 bits per heavy atom. The number of fused-ring (bicyclic) bond motifs is 2. The normalized spacial score (nSPS) is 11.1. The van der Waals surface area contributed by atoms with Crippen LogP contribution in [0.3, 0.4) is 0 Å². The van der Waals surface area contributed by atoms with Crippen LogP contribution in [-0.2, 0) is 6.42 Å². The van der Waals surface area contributed by atoms with E-state index in [1.165, 1.54) is 6.33 Å². The summed E-state index contributed by atoms with van der Waals surface area (Å²) < 4.78 is 11.9. The molecule has 0 saturated carbocycles. The van der Waals surface area contributed by atoms with Gasteiger partial charge in [0.25, 0.3) is 0 Å². The molecule has 0 fully saturated rings. The molecule has 0 saturated heterocycles. The van der Waals surface area contributed by atoms with E-state index in [4.69, 9.17) is 9.47 Å². The number of nitrogens with zero attached hydrogens (tertiary/aromatic N) is 6. The van der Waals surface area contributed by atoms with Crippen molar-refractivity contribution < 1.29 is 9.47 Å². The largest absolute Gasteiger partial charge is 0.438 e. The third-order valence-corrected chi connectivity index (χ3v) is 4.71. The molecule has 30 heavy (non-hydrogen) atoms. The van der Waals surface area contributed by atoms with Gasteiger partial charge in [0.05, 0.1) is 28.8 Å². The highest BCUT2D eigenvalue weighted by molar-refractivity contribution is 5.87. The first-order chi connectivity index (χ1) is 14.7. The Morgan fingerprint density at radius 2 is 1.73 bits per heavy atom. The summed E-state index contributed by atoms with van der Waals surface area (Å²) in [5.41, 5.74) is 4.27. The Bertz CT molecular complexity index is 1350. The topological polar surface area (TPSA) is 112 Å². The average Bonchev–Trinajstić information content (AvgIpc) is 3.10. The first kappa shape index (κ1) is 17.9. The van der Waals surface area contributed by atoms with E-state index >= 15 is 0 Å². The summed E-state index contributed by atoms with van der Waals surface area (Å²) >= 11 is 0. The standard InChI is InChI=1S/C21H17N7O2/c1-3-15-12(2)18-19(26-15)27-21(30-14-9-22-11-23-10-14)28-20(18)29-13-4-5-16-17(8-13)25-7-6-24-16/h4-11H,3H2,1-2H3,(H,26,27,28). The molecule has 4 aromatic heterocycles. The molecule has 0 aliphatic carbocycles. The summed E-state index contributed by atoms with van der Waals surface area (Å²) in [6.45, 7) is 4.09. The Balaban J connectivity index is 1.61. The van der Waals surface area contributed by atoms with Gasteiger partial charge < -0.3 is 14.5 Å². The van der Waals surface area contributed by atoms with Crippen molar-refractivity contribution in [1.29, 1.82) is 0 Å². The van der Waals surface area contributed by atoms with Crippen LogP contribution in [0.15, 0.2) is 49.3 Å². The average molecular weight is 399 g/mol. The fourth-order valence-electron chi connectivity index (χ4n) is 3.27. The Kier molecular flexibility index (Phi) is 4.40. The van der Waals surface area contributed by atoms with E-state index in [1.807, 2.05) is 25.1 Å². The highest BCUT2D eigenvalue weighted by Crippen LogP contribution is 2.34. The molecule has 0 unspecified atom stereocenters. The van der Waals surface area contributed by atoms with Crippen LogP contribution >= 0.6 is 0 Å². The number of nitrogens with one attached hydrogen (secondary N) is 1. The van der Waals surface area contributed by atoms with Crippen LogP contribution in [0.25, 0.3) is 22.1 Å². The molecule has 0 spiro atoms. The van der Waals surface area contributed by atoms with E-state index in [2.05, 4.69) is 41.8 Å². The highest BCUT2D eigenvalue weighted by atomic mass is 16.5. The molecule has 9 nitrogen and oxygen atoms in total. The minimum absolute atomic E-state index is 0.136. The lowest BCUT2D eigenvalue weighted by Gasteiger charge is -2.09. The molecule has 148 valence electrons. The summed E-state index contributed by atoms with van der Waals surface area (Å²) in [5.74, 6) is 1.42. The number of ether oxygens (including phenoxy) is 2. The third-order valence-electron chi connectivity index (χ3n) is 4.71. The maximum atomic E-state index is 6.17. The summed E-state index contributed by atoms with van der Waals surface area (Å²) in [6.07, 6.45) is 8.64. The van der Waals surface area contributed by atoms with Crippen molar-refractivity contribution in [2.24, 2.45) is 0 Å². The molecule has 5 aromatic rings. The fourth-order valence-corrected chi connectivity index (χ4v) is 3.27. The van der Waals surface area contributed by atoms with Crippen molar-refractivity contribution >= 4 is 22.1 Å². The molecule has 1 N–H and O–H groups in total. The summed E-state index contributed by atoms with van der Waals surface area (Å²) in [5, 5.41) is 0.808. The second kappa shape index (κ2) is 7.36. The number of rotatable bonds is 5. The molecule has 0 atom stereocenters. The SMILES string of the molecule is CCc1[nH]c2nc(Oc3cncnc3)nc(Oc3ccc4nccnc4c3)c2c1C. The van der Waals surface area contributed by atoms with Crippen LogP contribution in [0.2, 0.25) is 0 Å². The minimum atomic E-state index is 0.136. The molecule has 0 amide bonds. The Labute approximate surface area is 171 Å². The maximum absolute atomic E-state index is 6.17. The predicted molar refractivity (Wildman–Crippen MR) is 110 cm³/mol. The Hall–Kier alpha value is -4.14. The van der Waals surface area contributed by atoms with E-state index in [0.29, 0.717) is 23.0 Å². The Morgan fingerprint density at radius 3 is 2.53 bits per heavy atom. The monoisotopic (exact) mass is 399 g/mol. The molecule has 5 rings (SSSR count). The van der Waals surface area contributed by atoms with Crippen LogP contribution in [-0.4, -0.2) is 34.9 Å². The number of aromatic amines is 1. The second-order valence-electron chi connectivity index (χ2n) is 6.60. The highest BCUT2D eigenvalue weighted by Gasteiger charge is 2.18. The van der Waals surface area contributed by atoms with Crippen LogP contribution in [0.5, 0.6) is 23.4 Å². The molecule has 0 aliphatic heterocycles. The smallest absolute Gasteiger partial charge is 0.327 e. The number of benzene rings is 1. The van der Waals surface area contributed by atoms with Crippen molar-refractivity contribution in [2.75, 3.05) is 0 Å². The minimum Gasteiger partial charge on any atom is -0.438 e.